The Balaban J connectivity index is 1.75. The van der Waals surface area contributed by atoms with Crippen LogP contribution in [-0.2, 0) is 4.74 Å². The number of aliphatic hydroxyl groups excluding tert-OH is 1. The summed E-state index contributed by atoms with van der Waals surface area (Å²) >= 11 is 0. The predicted molar refractivity (Wildman–Crippen MR) is 82.8 cm³/mol. The summed E-state index contributed by atoms with van der Waals surface area (Å²) in [5.74, 6) is 0. The number of hydrogen-bond donors (Lipinski definition) is 1. The molecule has 4 nitrogen and oxygen atoms in total. The first-order chi connectivity index (χ1) is 10.2. The van der Waals surface area contributed by atoms with Gasteiger partial charge in [-0.3, -0.25) is 0 Å². The number of hydrogen-bond acceptors (Lipinski definition) is 4. The van der Waals surface area contributed by atoms with Crippen molar-refractivity contribution in [1.82, 2.24) is 4.90 Å². The maximum Gasteiger partial charge on any atom is 0.0691 e. The van der Waals surface area contributed by atoms with E-state index in [2.05, 4.69) is 17.9 Å². The third-order valence-corrected chi connectivity index (χ3v) is 5.45. The van der Waals surface area contributed by atoms with Gasteiger partial charge in [-0.25, -0.2) is 0 Å². The lowest BCUT2D eigenvalue weighted by Crippen LogP contribution is -2.32. The van der Waals surface area contributed by atoms with Crippen molar-refractivity contribution in [3.63, 3.8) is 0 Å². The SMILES string of the molecule is CCCC1(CO)CCN(CCCC2(C#N)CCOCC2)C1. The molecule has 0 spiro atoms. The van der Waals surface area contributed by atoms with E-state index >= 15 is 0 Å². The smallest absolute Gasteiger partial charge is 0.0691 e. The number of ether oxygens (including phenoxy) is 1. The van der Waals surface area contributed by atoms with E-state index in [9.17, 15) is 10.4 Å². The molecule has 0 amide bonds. The second-order valence-electron chi connectivity index (χ2n) is 7.04. The highest BCUT2D eigenvalue weighted by atomic mass is 16.5. The molecule has 2 saturated heterocycles. The number of nitriles is 1. The average molecular weight is 294 g/mol. The molecule has 2 aliphatic rings. The zero-order chi connectivity index (χ0) is 15.2. The first-order valence-corrected chi connectivity index (χ1v) is 8.50. The molecule has 4 heteroatoms. The lowest BCUT2D eigenvalue weighted by molar-refractivity contribution is 0.0349. The van der Waals surface area contributed by atoms with E-state index in [1.165, 1.54) is 0 Å². The molecule has 0 aliphatic carbocycles. The summed E-state index contributed by atoms with van der Waals surface area (Å²) in [7, 11) is 0. The average Bonchev–Trinajstić information content (AvgIpc) is 2.92. The van der Waals surface area contributed by atoms with E-state index in [-0.39, 0.29) is 10.8 Å². The maximum atomic E-state index is 9.69. The minimum atomic E-state index is -0.143. The Hall–Kier alpha value is -0.630. The molecule has 0 bridgehead atoms. The fraction of sp³-hybridized carbons (Fsp3) is 0.941. The third kappa shape index (κ3) is 4.18. The van der Waals surface area contributed by atoms with Crippen LogP contribution in [0.2, 0.25) is 0 Å². The van der Waals surface area contributed by atoms with Crippen LogP contribution in [0.15, 0.2) is 0 Å². The molecular formula is C17H30N2O2. The van der Waals surface area contributed by atoms with Crippen LogP contribution in [0.25, 0.3) is 0 Å². The van der Waals surface area contributed by atoms with Gasteiger partial charge in [-0.1, -0.05) is 13.3 Å². The van der Waals surface area contributed by atoms with Gasteiger partial charge in [-0.15, -0.1) is 0 Å². The van der Waals surface area contributed by atoms with Crippen molar-refractivity contribution in [2.45, 2.75) is 51.9 Å². The summed E-state index contributed by atoms with van der Waals surface area (Å²) in [5.41, 5.74) is -0.00416. The molecular weight excluding hydrogens is 264 g/mol. The Labute approximate surface area is 129 Å². The van der Waals surface area contributed by atoms with Crippen LogP contribution in [0, 0.1) is 22.2 Å². The quantitative estimate of drug-likeness (QED) is 0.784. The monoisotopic (exact) mass is 294 g/mol. The molecule has 21 heavy (non-hydrogen) atoms. The summed E-state index contributed by atoms with van der Waals surface area (Å²) < 4.78 is 5.39. The Bertz CT molecular complexity index is 360. The normalized spacial score (nSPS) is 29.4. The number of aliphatic hydroxyl groups is 1. The minimum Gasteiger partial charge on any atom is -0.396 e. The van der Waals surface area contributed by atoms with Gasteiger partial charge < -0.3 is 14.7 Å². The summed E-state index contributed by atoms with van der Waals surface area (Å²) in [4.78, 5) is 2.48. The molecule has 0 aromatic heterocycles. The topological polar surface area (TPSA) is 56.5 Å². The molecule has 2 heterocycles. The third-order valence-electron chi connectivity index (χ3n) is 5.45. The van der Waals surface area contributed by atoms with E-state index in [1.807, 2.05) is 0 Å². The molecule has 0 aromatic rings. The van der Waals surface area contributed by atoms with Crippen molar-refractivity contribution in [3.05, 3.63) is 0 Å². The second kappa shape index (κ2) is 7.58. The van der Waals surface area contributed by atoms with Crippen molar-refractivity contribution in [2.24, 2.45) is 10.8 Å². The molecule has 1 atom stereocenters. The summed E-state index contributed by atoms with van der Waals surface area (Å²) in [6, 6.07) is 2.55. The lowest BCUT2D eigenvalue weighted by atomic mass is 9.78. The van der Waals surface area contributed by atoms with Crippen LogP contribution in [0.1, 0.15) is 51.9 Å². The van der Waals surface area contributed by atoms with Gasteiger partial charge in [0.2, 0.25) is 0 Å². The van der Waals surface area contributed by atoms with Gasteiger partial charge >= 0.3 is 0 Å². The van der Waals surface area contributed by atoms with Crippen LogP contribution in [0.5, 0.6) is 0 Å². The Kier molecular flexibility index (Phi) is 6.04. The standard InChI is InChI=1S/C17H30N2O2/c1-2-4-17(15-20)6-10-19(14-17)9-3-5-16(13-18)7-11-21-12-8-16/h20H,2-12,14-15H2,1H3. The van der Waals surface area contributed by atoms with Crippen LogP contribution in [0.4, 0.5) is 0 Å². The zero-order valence-corrected chi connectivity index (χ0v) is 13.4. The van der Waals surface area contributed by atoms with E-state index in [1.54, 1.807) is 0 Å². The van der Waals surface area contributed by atoms with Crippen molar-refractivity contribution in [1.29, 1.82) is 5.26 Å². The molecule has 2 fully saturated rings. The van der Waals surface area contributed by atoms with Crippen molar-refractivity contribution in [3.8, 4) is 6.07 Å². The minimum absolute atomic E-state index is 0.139. The van der Waals surface area contributed by atoms with E-state index in [0.29, 0.717) is 6.61 Å². The number of rotatable bonds is 7. The molecule has 2 rings (SSSR count). The first-order valence-electron chi connectivity index (χ1n) is 8.50. The molecule has 0 radical (unpaired) electrons. The van der Waals surface area contributed by atoms with Gasteiger partial charge in [0.25, 0.3) is 0 Å². The summed E-state index contributed by atoms with van der Waals surface area (Å²) in [6.07, 6.45) is 7.24. The Morgan fingerprint density at radius 3 is 2.62 bits per heavy atom. The largest absolute Gasteiger partial charge is 0.396 e. The molecule has 120 valence electrons. The maximum absolute atomic E-state index is 9.69. The fourth-order valence-electron chi connectivity index (χ4n) is 3.98. The summed E-state index contributed by atoms with van der Waals surface area (Å²) in [5, 5.41) is 19.2. The molecule has 0 saturated carbocycles. The highest BCUT2D eigenvalue weighted by Gasteiger charge is 2.37. The second-order valence-corrected chi connectivity index (χ2v) is 7.04. The molecule has 2 aliphatic heterocycles. The van der Waals surface area contributed by atoms with E-state index in [0.717, 1.165) is 77.8 Å². The summed E-state index contributed by atoms with van der Waals surface area (Å²) in [6.45, 7) is 7.18. The number of nitrogens with zero attached hydrogens (tertiary/aromatic N) is 2. The van der Waals surface area contributed by atoms with E-state index < -0.39 is 0 Å². The van der Waals surface area contributed by atoms with Crippen molar-refractivity contribution in [2.75, 3.05) is 39.5 Å². The van der Waals surface area contributed by atoms with Crippen LogP contribution >= 0.6 is 0 Å². The lowest BCUT2D eigenvalue weighted by Gasteiger charge is -2.31. The highest BCUT2D eigenvalue weighted by molar-refractivity contribution is 5.00. The van der Waals surface area contributed by atoms with Crippen molar-refractivity contribution >= 4 is 0 Å². The van der Waals surface area contributed by atoms with Crippen LogP contribution in [-0.4, -0.2) is 49.5 Å². The van der Waals surface area contributed by atoms with Gasteiger partial charge in [-0.05, 0) is 51.6 Å². The van der Waals surface area contributed by atoms with Crippen molar-refractivity contribution < 1.29 is 9.84 Å². The van der Waals surface area contributed by atoms with Gasteiger partial charge in [0.1, 0.15) is 0 Å². The predicted octanol–water partition coefficient (Wildman–Crippen LogP) is 2.57. The molecule has 0 aromatic carbocycles. The highest BCUT2D eigenvalue weighted by Crippen LogP contribution is 2.37. The first kappa shape index (κ1) is 16.7. The van der Waals surface area contributed by atoms with Crippen LogP contribution in [0.3, 0.4) is 0 Å². The Morgan fingerprint density at radius 2 is 2.00 bits per heavy atom. The van der Waals surface area contributed by atoms with Gasteiger partial charge in [0.05, 0.1) is 11.5 Å². The zero-order valence-electron chi connectivity index (χ0n) is 13.4. The fourth-order valence-corrected chi connectivity index (χ4v) is 3.98. The molecule has 1 N–H and O–H groups in total. The molecule has 1 unspecified atom stereocenters. The Morgan fingerprint density at radius 1 is 1.24 bits per heavy atom. The van der Waals surface area contributed by atoms with Gasteiger partial charge in [0, 0.05) is 31.8 Å². The number of likely N-dealkylation sites (tertiary alicyclic amines) is 1. The van der Waals surface area contributed by atoms with Gasteiger partial charge in [0.15, 0.2) is 0 Å². The van der Waals surface area contributed by atoms with Gasteiger partial charge in [-0.2, -0.15) is 5.26 Å². The van der Waals surface area contributed by atoms with E-state index in [4.69, 9.17) is 4.74 Å². The van der Waals surface area contributed by atoms with Crippen LogP contribution < -0.4 is 0 Å².